The molecular formula is C16H21F3N2O. The van der Waals surface area contributed by atoms with Gasteiger partial charge in [-0.05, 0) is 30.4 Å². The van der Waals surface area contributed by atoms with Gasteiger partial charge in [0.1, 0.15) is 0 Å². The van der Waals surface area contributed by atoms with E-state index in [0.717, 1.165) is 5.56 Å². The molecule has 1 fully saturated rings. The number of benzene rings is 1. The molecule has 0 aromatic heterocycles. The molecule has 0 radical (unpaired) electrons. The van der Waals surface area contributed by atoms with Gasteiger partial charge in [-0.2, -0.15) is 13.2 Å². The standard InChI is InChI=1S/C16H21F3N2O/c1-11(2)13-7-3-4-8-14(13)20-15(22)21-9-5-6-12(10-21)16(17,18)19/h3-4,7-8,11-12H,5-6,9-10H2,1-2H3,(H,20,22). The molecule has 122 valence electrons. The molecule has 3 nitrogen and oxygen atoms in total. The fourth-order valence-corrected chi connectivity index (χ4v) is 2.74. The first-order valence-corrected chi connectivity index (χ1v) is 7.50. The third kappa shape index (κ3) is 3.93. The molecule has 1 saturated heterocycles. The lowest BCUT2D eigenvalue weighted by molar-refractivity contribution is -0.183. The molecule has 1 aliphatic heterocycles. The summed E-state index contributed by atoms with van der Waals surface area (Å²) in [4.78, 5) is 13.5. The Bertz CT molecular complexity index is 528. The lowest BCUT2D eigenvalue weighted by Gasteiger charge is -2.33. The average molecular weight is 314 g/mol. The second-order valence-electron chi connectivity index (χ2n) is 6.00. The summed E-state index contributed by atoms with van der Waals surface area (Å²) in [6.07, 6.45) is -3.77. The highest BCUT2D eigenvalue weighted by Gasteiger charge is 2.42. The quantitative estimate of drug-likeness (QED) is 0.849. The van der Waals surface area contributed by atoms with E-state index in [-0.39, 0.29) is 18.9 Å². The number of alkyl halides is 3. The summed E-state index contributed by atoms with van der Waals surface area (Å²) >= 11 is 0. The van der Waals surface area contributed by atoms with E-state index in [1.54, 1.807) is 12.1 Å². The van der Waals surface area contributed by atoms with E-state index in [9.17, 15) is 18.0 Å². The molecule has 1 aromatic carbocycles. The maximum atomic E-state index is 12.8. The Hall–Kier alpha value is -1.72. The van der Waals surface area contributed by atoms with Crippen LogP contribution in [0.2, 0.25) is 0 Å². The van der Waals surface area contributed by atoms with Crippen molar-refractivity contribution in [3.63, 3.8) is 0 Å². The van der Waals surface area contributed by atoms with E-state index in [1.165, 1.54) is 4.90 Å². The van der Waals surface area contributed by atoms with Crippen molar-refractivity contribution in [3.05, 3.63) is 29.8 Å². The summed E-state index contributed by atoms with van der Waals surface area (Å²) in [7, 11) is 0. The lowest BCUT2D eigenvalue weighted by Crippen LogP contribution is -2.46. The molecule has 22 heavy (non-hydrogen) atoms. The summed E-state index contributed by atoms with van der Waals surface area (Å²) in [5.74, 6) is -1.20. The van der Waals surface area contributed by atoms with E-state index in [4.69, 9.17) is 0 Å². The number of halogens is 3. The molecule has 0 spiro atoms. The molecule has 0 saturated carbocycles. The van der Waals surface area contributed by atoms with Crippen LogP contribution in [-0.2, 0) is 0 Å². The molecule has 6 heteroatoms. The third-order valence-corrected chi connectivity index (χ3v) is 4.00. The second kappa shape index (κ2) is 6.58. The SMILES string of the molecule is CC(C)c1ccccc1NC(=O)N1CCCC(C(F)(F)F)C1. The number of hydrogen-bond acceptors (Lipinski definition) is 1. The van der Waals surface area contributed by atoms with Crippen LogP contribution in [0.15, 0.2) is 24.3 Å². The molecule has 1 unspecified atom stereocenters. The Balaban J connectivity index is 2.06. The zero-order valence-electron chi connectivity index (χ0n) is 12.8. The van der Waals surface area contributed by atoms with Crippen LogP contribution in [0.1, 0.15) is 38.2 Å². The smallest absolute Gasteiger partial charge is 0.324 e. The van der Waals surface area contributed by atoms with Gasteiger partial charge in [0, 0.05) is 18.8 Å². The van der Waals surface area contributed by atoms with E-state index >= 15 is 0 Å². The first-order chi connectivity index (χ1) is 10.3. The molecule has 1 N–H and O–H groups in total. The Kier molecular flexibility index (Phi) is 4.98. The van der Waals surface area contributed by atoms with Crippen LogP contribution in [-0.4, -0.2) is 30.2 Å². The number of nitrogens with zero attached hydrogens (tertiary/aromatic N) is 1. The molecule has 1 atom stereocenters. The van der Waals surface area contributed by atoms with Crippen molar-refractivity contribution in [2.75, 3.05) is 18.4 Å². The number of urea groups is 1. The minimum atomic E-state index is -4.24. The predicted octanol–water partition coefficient (Wildman–Crippen LogP) is 4.62. The van der Waals surface area contributed by atoms with Crippen LogP contribution in [0.25, 0.3) is 0 Å². The average Bonchev–Trinajstić information content (AvgIpc) is 2.47. The van der Waals surface area contributed by atoms with E-state index in [2.05, 4.69) is 5.32 Å². The van der Waals surface area contributed by atoms with Gasteiger partial charge in [-0.15, -0.1) is 0 Å². The Morgan fingerprint density at radius 1 is 1.32 bits per heavy atom. The number of rotatable bonds is 2. The number of anilines is 1. The van der Waals surface area contributed by atoms with Gasteiger partial charge in [-0.3, -0.25) is 0 Å². The van der Waals surface area contributed by atoms with Crippen LogP contribution in [0.4, 0.5) is 23.7 Å². The first kappa shape index (κ1) is 16.6. The number of nitrogens with one attached hydrogen (secondary N) is 1. The molecule has 2 amide bonds. The van der Waals surface area contributed by atoms with Crippen LogP contribution >= 0.6 is 0 Å². The Labute approximate surface area is 128 Å². The monoisotopic (exact) mass is 314 g/mol. The van der Waals surface area contributed by atoms with Gasteiger partial charge in [-0.25, -0.2) is 4.79 Å². The fourth-order valence-electron chi connectivity index (χ4n) is 2.74. The summed E-state index contributed by atoms with van der Waals surface area (Å²) < 4.78 is 38.4. The highest BCUT2D eigenvalue weighted by molar-refractivity contribution is 5.90. The molecule has 1 aliphatic rings. The van der Waals surface area contributed by atoms with E-state index in [1.807, 2.05) is 26.0 Å². The number of hydrogen-bond donors (Lipinski definition) is 1. The maximum Gasteiger partial charge on any atom is 0.393 e. The van der Waals surface area contributed by atoms with Crippen LogP contribution in [0.3, 0.4) is 0 Å². The highest BCUT2D eigenvalue weighted by atomic mass is 19.4. The number of para-hydroxylation sites is 1. The van der Waals surface area contributed by atoms with Gasteiger partial charge in [0.15, 0.2) is 0 Å². The van der Waals surface area contributed by atoms with Crippen molar-refractivity contribution >= 4 is 11.7 Å². The van der Waals surface area contributed by atoms with Gasteiger partial charge in [0.05, 0.1) is 5.92 Å². The Morgan fingerprint density at radius 3 is 2.64 bits per heavy atom. The van der Waals surface area contributed by atoms with E-state index in [0.29, 0.717) is 18.7 Å². The van der Waals surface area contributed by atoms with Crippen LogP contribution < -0.4 is 5.32 Å². The van der Waals surface area contributed by atoms with Crippen molar-refractivity contribution in [1.82, 2.24) is 4.90 Å². The third-order valence-electron chi connectivity index (χ3n) is 4.00. The molecule has 2 rings (SSSR count). The predicted molar refractivity (Wildman–Crippen MR) is 79.9 cm³/mol. The molecule has 0 bridgehead atoms. The maximum absolute atomic E-state index is 12.8. The minimum absolute atomic E-state index is 0.0931. The summed E-state index contributed by atoms with van der Waals surface area (Å²) in [6, 6.07) is 6.91. The van der Waals surface area contributed by atoms with Gasteiger partial charge < -0.3 is 10.2 Å². The summed E-state index contributed by atoms with van der Waals surface area (Å²) in [5.41, 5.74) is 1.64. The number of carbonyl (C=O) groups excluding carboxylic acids is 1. The molecule has 0 aliphatic carbocycles. The number of carbonyl (C=O) groups is 1. The zero-order chi connectivity index (χ0) is 16.3. The van der Waals surface area contributed by atoms with Gasteiger partial charge >= 0.3 is 12.2 Å². The van der Waals surface area contributed by atoms with Crippen molar-refractivity contribution in [2.45, 2.75) is 38.8 Å². The van der Waals surface area contributed by atoms with Crippen molar-refractivity contribution in [1.29, 1.82) is 0 Å². The normalized spacial score (nSPS) is 19.4. The van der Waals surface area contributed by atoms with Crippen LogP contribution in [0.5, 0.6) is 0 Å². The lowest BCUT2D eigenvalue weighted by atomic mass is 9.98. The summed E-state index contributed by atoms with van der Waals surface area (Å²) in [5, 5.41) is 2.75. The van der Waals surface area contributed by atoms with Crippen molar-refractivity contribution < 1.29 is 18.0 Å². The van der Waals surface area contributed by atoms with E-state index < -0.39 is 18.1 Å². The van der Waals surface area contributed by atoms with Gasteiger partial charge in [0.25, 0.3) is 0 Å². The highest BCUT2D eigenvalue weighted by Crippen LogP contribution is 2.33. The number of piperidine rings is 1. The molecule has 1 aromatic rings. The molecular weight excluding hydrogens is 293 g/mol. The summed E-state index contributed by atoms with van der Waals surface area (Å²) in [6.45, 7) is 4.11. The topological polar surface area (TPSA) is 32.3 Å². The second-order valence-corrected chi connectivity index (χ2v) is 6.00. The van der Waals surface area contributed by atoms with Crippen molar-refractivity contribution in [3.8, 4) is 0 Å². The number of amides is 2. The zero-order valence-corrected chi connectivity index (χ0v) is 12.8. The first-order valence-electron chi connectivity index (χ1n) is 7.50. The van der Waals surface area contributed by atoms with Crippen LogP contribution in [0, 0.1) is 5.92 Å². The largest absolute Gasteiger partial charge is 0.393 e. The Morgan fingerprint density at radius 2 is 2.00 bits per heavy atom. The molecule has 1 heterocycles. The van der Waals surface area contributed by atoms with Crippen molar-refractivity contribution in [2.24, 2.45) is 5.92 Å². The minimum Gasteiger partial charge on any atom is -0.324 e. The number of likely N-dealkylation sites (tertiary alicyclic amines) is 1. The fraction of sp³-hybridized carbons (Fsp3) is 0.562. The van der Waals surface area contributed by atoms with Gasteiger partial charge in [-0.1, -0.05) is 32.0 Å². The van der Waals surface area contributed by atoms with Gasteiger partial charge in [0.2, 0.25) is 0 Å².